The van der Waals surface area contributed by atoms with E-state index in [2.05, 4.69) is 153 Å². The van der Waals surface area contributed by atoms with Crippen molar-refractivity contribution in [2.45, 2.75) is 198 Å². The topological polar surface area (TPSA) is 149 Å². The van der Waals surface area contributed by atoms with Crippen LogP contribution < -0.4 is 5.32 Å². The monoisotopic (exact) mass is 930 g/mol. The fourth-order valence-electron chi connectivity index (χ4n) is 6.86. The lowest BCUT2D eigenvalue weighted by atomic mass is 9.99. The molecule has 0 radical (unpaired) electrons. The Hall–Kier alpha value is -3.93. The van der Waals surface area contributed by atoms with Crippen LogP contribution in [0.25, 0.3) is 0 Å². The molecule has 9 heteroatoms. The standard InChI is InChI=1S/C58H91NO8/c1-3-5-7-9-11-12-13-14-15-16-17-18-19-20-21-22-23-24-25-26-27-28-29-30-31-32-33-34-35-36-37-38-39-40-42-44-46-48-54(62)59-51(52(61)47-45-43-41-10-8-6-4-2)50-66-58-57(65)56(64)55(63)53(49-60)67-58/h5,7,11-12,14-15,17-18,20-21,23-24,26-27,29-30,32-33,35-36,38-39,45,47,51-53,55-58,60-61,63-65H,3-4,6,8-10,13,16,19,22,25,28,31,34,37,40-44,46,48-50H2,1-2H3,(H,59,62)/b7-5-,12-11-,15-14-,18-17-,21-20-,24-23-,27-26-,30-29-,33-32-,36-35-,39-38-,47-45+. The summed E-state index contributed by atoms with van der Waals surface area (Å²) in [5, 5.41) is 53.9. The zero-order chi connectivity index (χ0) is 48.7. The van der Waals surface area contributed by atoms with Crippen molar-refractivity contribution in [1.29, 1.82) is 0 Å². The summed E-state index contributed by atoms with van der Waals surface area (Å²) < 4.78 is 11.1. The molecule has 9 nitrogen and oxygen atoms in total. The van der Waals surface area contributed by atoms with Gasteiger partial charge in [-0.25, -0.2) is 0 Å². The van der Waals surface area contributed by atoms with E-state index in [0.717, 1.165) is 109 Å². The van der Waals surface area contributed by atoms with Crippen molar-refractivity contribution in [3.63, 3.8) is 0 Å². The van der Waals surface area contributed by atoms with Crippen molar-refractivity contribution in [2.24, 2.45) is 0 Å². The minimum Gasteiger partial charge on any atom is -0.394 e. The summed E-state index contributed by atoms with van der Waals surface area (Å²) >= 11 is 0. The van der Waals surface area contributed by atoms with E-state index < -0.39 is 49.5 Å². The molecule has 6 N–H and O–H groups in total. The summed E-state index contributed by atoms with van der Waals surface area (Å²) in [6.07, 6.45) is 65.1. The number of carbonyl (C=O) groups excluding carboxylic acids is 1. The van der Waals surface area contributed by atoms with E-state index >= 15 is 0 Å². The minimum atomic E-state index is -1.58. The van der Waals surface area contributed by atoms with Crippen LogP contribution in [-0.4, -0.2) is 87.5 Å². The van der Waals surface area contributed by atoms with Gasteiger partial charge in [0.2, 0.25) is 5.91 Å². The van der Waals surface area contributed by atoms with Gasteiger partial charge in [0, 0.05) is 6.42 Å². The number of hydrogen-bond acceptors (Lipinski definition) is 8. The summed E-state index contributed by atoms with van der Waals surface area (Å²) in [6.45, 7) is 3.54. The second-order valence-corrected chi connectivity index (χ2v) is 16.9. The molecule has 0 aromatic carbocycles. The van der Waals surface area contributed by atoms with Crippen LogP contribution >= 0.6 is 0 Å². The van der Waals surface area contributed by atoms with Gasteiger partial charge in [-0.2, -0.15) is 0 Å². The molecule has 1 aliphatic rings. The first-order chi connectivity index (χ1) is 32.8. The lowest BCUT2D eigenvalue weighted by Gasteiger charge is -2.40. The van der Waals surface area contributed by atoms with Gasteiger partial charge in [0.05, 0.1) is 25.4 Å². The molecular formula is C58H91NO8. The van der Waals surface area contributed by atoms with Crippen LogP contribution in [0.4, 0.5) is 0 Å². The maximum atomic E-state index is 12.9. The molecule has 0 spiro atoms. The summed E-state index contributed by atoms with van der Waals surface area (Å²) in [5.41, 5.74) is 0. The number of aliphatic hydroxyl groups is 5. The summed E-state index contributed by atoms with van der Waals surface area (Å²) in [4.78, 5) is 12.9. The van der Waals surface area contributed by atoms with E-state index in [1.54, 1.807) is 6.08 Å². The first-order valence-corrected chi connectivity index (χ1v) is 25.6. The molecule has 0 aromatic heterocycles. The average Bonchev–Trinajstić information content (AvgIpc) is 3.33. The van der Waals surface area contributed by atoms with E-state index in [9.17, 15) is 30.3 Å². The molecular weight excluding hydrogens is 839 g/mol. The molecule has 7 unspecified atom stereocenters. The number of nitrogens with one attached hydrogen (secondary N) is 1. The number of ether oxygens (including phenoxy) is 2. The van der Waals surface area contributed by atoms with Gasteiger partial charge < -0.3 is 40.3 Å². The zero-order valence-corrected chi connectivity index (χ0v) is 41.3. The maximum Gasteiger partial charge on any atom is 0.220 e. The highest BCUT2D eigenvalue weighted by atomic mass is 16.7. The molecule has 0 aromatic rings. The van der Waals surface area contributed by atoms with Gasteiger partial charge in [-0.15, -0.1) is 0 Å². The van der Waals surface area contributed by atoms with E-state index in [0.29, 0.717) is 12.8 Å². The highest BCUT2D eigenvalue weighted by molar-refractivity contribution is 5.76. The Kier molecular flexibility index (Phi) is 41.8. The molecule has 1 rings (SSSR count). The van der Waals surface area contributed by atoms with Gasteiger partial charge in [-0.3, -0.25) is 4.79 Å². The van der Waals surface area contributed by atoms with Crippen molar-refractivity contribution in [3.05, 3.63) is 146 Å². The fourth-order valence-corrected chi connectivity index (χ4v) is 6.86. The van der Waals surface area contributed by atoms with Crippen LogP contribution in [0.3, 0.4) is 0 Å². The number of amides is 1. The van der Waals surface area contributed by atoms with Crippen LogP contribution in [0.15, 0.2) is 146 Å². The Labute approximate surface area is 406 Å². The average molecular weight is 930 g/mol. The molecule has 0 bridgehead atoms. The van der Waals surface area contributed by atoms with E-state index in [-0.39, 0.29) is 12.5 Å². The first kappa shape index (κ1) is 61.1. The number of allylic oxidation sites excluding steroid dienone is 23. The lowest BCUT2D eigenvalue weighted by molar-refractivity contribution is -0.302. The highest BCUT2D eigenvalue weighted by Gasteiger charge is 2.44. The van der Waals surface area contributed by atoms with Crippen molar-refractivity contribution >= 4 is 5.91 Å². The third-order valence-corrected chi connectivity index (χ3v) is 10.9. The fraction of sp³-hybridized carbons (Fsp3) is 0.569. The SMILES string of the molecule is CC/C=C\C/C=C\C/C=C\C/C=C\C/C=C\C/C=C\C/C=C\C/C=C\C/C=C\C/C=C\C/C=C\CCCCCC(=O)NC(COC1OC(CO)C(O)C(O)C1O)C(O)/C=C/CCCCCCC. The number of hydrogen-bond donors (Lipinski definition) is 6. The minimum absolute atomic E-state index is 0.213. The number of unbranched alkanes of at least 4 members (excludes halogenated alkanes) is 8. The Morgan fingerprint density at radius 1 is 0.522 bits per heavy atom. The van der Waals surface area contributed by atoms with Crippen molar-refractivity contribution in [3.8, 4) is 0 Å². The maximum absolute atomic E-state index is 12.9. The number of rotatable bonds is 40. The molecule has 7 atom stereocenters. The van der Waals surface area contributed by atoms with Gasteiger partial charge in [0.1, 0.15) is 24.4 Å². The van der Waals surface area contributed by atoms with Gasteiger partial charge >= 0.3 is 0 Å². The Morgan fingerprint density at radius 2 is 0.925 bits per heavy atom. The summed E-state index contributed by atoms with van der Waals surface area (Å²) in [5.74, 6) is -0.222. The molecule has 1 saturated heterocycles. The molecule has 67 heavy (non-hydrogen) atoms. The van der Waals surface area contributed by atoms with Crippen LogP contribution in [0, 0.1) is 0 Å². The molecule has 1 heterocycles. The predicted molar refractivity (Wildman–Crippen MR) is 280 cm³/mol. The second kappa shape index (κ2) is 45.8. The molecule has 376 valence electrons. The number of carbonyl (C=O) groups is 1. The molecule has 1 aliphatic heterocycles. The summed E-state index contributed by atoms with van der Waals surface area (Å²) in [7, 11) is 0. The summed E-state index contributed by atoms with van der Waals surface area (Å²) in [6, 6.07) is -0.830. The second-order valence-electron chi connectivity index (χ2n) is 16.9. The van der Waals surface area contributed by atoms with Gasteiger partial charge in [0.15, 0.2) is 6.29 Å². The third-order valence-electron chi connectivity index (χ3n) is 10.9. The Balaban J connectivity index is 2.19. The number of aliphatic hydroxyl groups excluding tert-OH is 5. The van der Waals surface area contributed by atoms with Crippen LogP contribution in [0.5, 0.6) is 0 Å². The molecule has 0 saturated carbocycles. The van der Waals surface area contributed by atoms with Crippen LogP contribution in [0.1, 0.15) is 155 Å². The smallest absolute Gasteiger partial charge is 0.220 e. The largest absolute Gasteiger partial charge is 0.394 e. The van der Waals surface area contributed by atoms with E-state index in [1.165, 1.54) is 19.3 Å². The normalized spacial score (nSPS) is 21.0. The van der Waals surface area contributed by atoms with Gasteiger partial charge in [-0.05, 0) is 103 Å². The highest BCUT2D eigenvalue weighted by Crippen LogP contribution is 2.22. The molecule has 0 aliphatic carbocycles. The Bertz CT molecular complexity index is 1550. The van der Waals surface area contributed by atoms with Crippen molar-refractivity contribution in [2.75, 3.05) is 13.2 Å². The third kappa shape index (κ3) is 35.8. The first-order valence-electron chi connectivity index (χ1n) is 25.6. The van der Waals surface area contributed by atoms with Gasteiger partial charge in [0.25, 0.3) is 0 Å². The molecule has 1 amide bonds. The van der Waals surface area contributed by atoms with Crippen LogP contribution in [0.2, 0.25) is 0 Å². The molecule has 1 fully saturated rings. The van der Waals surface area contributed by atoms with Gasteiger partial charge in [-0.1, -0.05) is 192 Å². The van der Waals surface area contributed by atoms with Crippen molar-refractivity contribution in [1.82, 2.24) is 5.32 Å². The lowest BCUT2D eigenvalue weighted by Crippen LogP contribution is -2.60. The van der Waals surface area contributed by atoms with E-state index in [1.807, 2.05) is 6.08 Å². The van der Waals surface area contributed by atoms with E-state index in [4.69, 9.17) is 9.47 Å². The zero-order valence-electron chi connectivity index (χ0n) is 41.3. The predicted octanol–water partition coefficient (Wildman–Crippen LogP) is 11.9. The van der Waals surface area contributed by atoms with Crippen LogP contribution in [-0.2, 0) is 14.3 Å². The quantitative estimate of drug-likeness (QED) is 0.0263. The Morgan fingerprint density at radius 3 is 1.36 bits per heavy atom. The van der Waals surface area contributed by atoms with Crippen molar-refractivity contribution < 1.29 is 39.8 Å².